The Hall–Kier alpha value is -2.48. The third kappa shape index (κ3) is 4.64. The number of carbonyl (C=O) groups is 2. The number of amides is 2. The molecule has 0 unspecified atom stereocenters. The summed E-state index contributed by atoms with van der Waals surface area (Å²) in [6, 6.07) is 6.14. The van der Waals surface area contributed by atoms with Gasteiger partial charge in [0.25, 0.3) is 0 Å². The topological polar surface area (TPSA) is 71.6 Å². The smallest absolute Gasteiger partial charge is 0.409 e. The maximum absolute atomic E-state index is 13.1. The average molecular weight is 418 g/mol. The Morgan fingerprint density at radius 2 is 1.80 bits per heavy atom. The molecule has 1 atom stereocenters. The lowest BCUT2D eigenvalue weighted by Crippen LogP contribution is -2.51. The van der Waals surface area contributed by atoms with Crippen molar-refractivity contribution in [1.29, 1.82) is 0 Å². The molecule has 0 saturated carbocycles. The fourth-order valence-electron chi connectivity index (χ4n) is 4.38. The van der Waals surface area contributed by atoms with Crippen LogP contribution < -0.4 is 9.47 Å². The molecule has 3 aliphatic heterocycles. The monoisotopic (exact) mass is 417 g/mol. The molecule has 164 valence electrons. The van der Waals surface area contributed by atoms with E-state index in [1.807, 2.05) is 24.0 Å². The van der Waals surface area contributed by atoms with Crippen molar-refractivity contribution in [3.05, 3.63) is 23.8 Å². The van der Waals surface area contributed by atoms with Crippen LogP contribution in [0.2, 0.25) is 0 Å². The number of likely N-dealkylation sites (tertiary alicyclic amines) is 1. The lowest BCUT2D eigenvalue weighted by atomic mass is 10.0. The molecule has 3 aliphatic rings. The number of rotatable bonds is 4. The quantitative estimate of drug-likeness (QED) is 0.749. The summed E-state index contributed by atoms with van der Waals surface area (Å²) in [4.78, 5) is 30.8. The third-order valence-corrected chi connectivity index (χ3v) is 5.99. The molecule has 1 aromatic rings. The zero-order valence-corrected chi connectivity index (χ0v) is 17.7. The van der Waals surface area contributed by atoms with E-state index in [0.717, 1.165) is 42.9 Å². The third-order valence-electron chi connectivity index (χ3n) is 5.99. The van der Waals surface area contributed by atoms with Crippen LogP contribution in [0.25, 0.3) is 0 Å². The summed E-state index contributed by atoms with van der Waals surface area (Å²) >= 11 is 0. The second-order valence-corrected chi connectivity index (χ2v) is 7.96. The average Bonchev–Trinajstić information content (AvgIpc) is 3.13. The van der Waals surface area contributed by atoms with Gasteiger partial charge in [-0.2, -0.15) is 0 Å². The highest BCUT2D eigenvalue weighted by Crippen LogP contribution is 2.38. The van der Waals surface area contributed by atoms with Gasteiger partial charge in [0.05, 0.1) is 32.4 Å². The fraction of sp³-hybridized carbons (Fsp3) is 0.636. The second kappa shape index (κ2) is 9.55. The number of fused-ring (bicyclic) bond motifs is 1. The van der Waals surface area contributed by atoms with Crippen molar-refractivity contribution in [1.82, 2.24) is 14.7 Å². The molecular weight excluding hydrogens is 386 g/mol. The molecule has 2 fully saturated rings. The number of hydrogen-bond acceptors (Lipinski definition) is 6. The predicted molar refractivity (Wildman–Crippen MR) is 111 cm³/mol. The first-order chi connectivity index (χ1) is 14.7. The van der Waals surface area contributed by atoms with Crippen molar-refractivity contribution < 1.29 is 23.8 Å². The first kappa shape index (κ1) is 20.8. The zero-order chi connectivity index (χ0) is 20.9. The Morgan fingerprint density at radius 3 is 2.57 bits per heavy atom. The Balaban J connectivity index is 1.35. The summed E-state index contributed by atoms with van der Waals surface area (Å²) in [5.74, 6) is 1.71. The molecule has 4 rings (SSSR count). The number of piperazine rings is 1. The van der Waals surface area contributed by atoms with Gasteiger partial charge in [-0.3, -0.25) is 9.69 Å². The summed E-state index contributed by atoms with van der Waals surface area (Å²) in [7, 11) is 0. The van der Waals surface area contributed by atoms with E-state index >= 15 is 0 Å². The molecule has 0 aromatic heterocycles. The first-order valence-electron chi connectivity index (χ1n) is 11.0. The van der Waals surface area contributed by atoms with E-state index in [0.29, 0.717) is 52.5 Å². The van der Waals surface area contributed by atoms with Gasteiger partial charge in [-0.05, 0) is 37.5 Å². The fourth-order valence-corrected chi connectivity index (χ4v) is 4.38. The van der Waals surface area contributed by atoms with Crippen LogP contribution in [-0.4, -0.2) is 85.8 Å². The van der Waals surface area contributed by atoms with Gasteiger partial charge in [-0.15, -0.1) is 0 Å². The van der Waals surface area contributed by atoms with E-state index in [9.17, 15) is 9.59 Å². The Bertz CT molecular complexity index is 763. The van der Waals surface area contributed by atoms with Crippen LogP contribution in [0.4, 0.5) is 4.79 Å². The zero-order valence-electron chi connectivity index (χ0n) is 17.7. The molecule has 2 amide bonds. The van der Waals surface area contributed by atoms with Gasteiger partial charge in [-0.1, -0.05) is 6.07 Å². The van der Waals surface area contributed by atoms with Gasteiger partial charge in [0, 0.05) is 39.1 Å². The van der Waals surface area contributed by atoms with Crippen molar-refractivity contribution in [3.8, 4) is 11.5 Å². The molecule has 8 nitrogen and oxygen atoms in total. The van der Waals surface area contributed by atoms with Crippen LogP contribution >= 0.6 is 0 Å². The second-order valence-electron chi connectivity index (χ2n) is 7.96. The molecule has 0 spiro atoms. The van der Waals surface area contributed by atoms with Crippen LogP contribution in [0, 0.1) is 0 Å². The summed E-state index contributed by atoms with van der Waals surface area (Å²) in [6.07, 6.45) is 2.57. The van der Waals surface area contributed by atoms with E-state index in [2.05, 4.69) is 11.0 Å². The molecule has 8 heteroatoms. The minimum Gasteiger partial charge on any atom is -0.490 e. The number of carbonyl (C=O) groups excluding carboxylic acids is 2. The molecule has 2 saturated heterocycles. The normalized spacial score (nSPS) is 22.0. The van der Waals surface area contributed by atoms with Crippen LogP contribution in [0.5, 0.6) is 11.5 Å². The Morgan fingerprint density at radius 1 is 1.03 bits per heavy atom. The summed E-state index contributed by atoms with van der Waals surface area (Å²) in [5.41, 5.74) is 1.11. The standard InChI is InChI=1S/C22H31N3O5/c1-2-28-22(27)24-11-9-23(10-12-24)16-21(26)25-8-3-5-18(25)17-6-7-19-20(15-17)30-14-4-13-29-19/h6-7,15,18H,2-5,8-14,16H2,1H3/t18-/m0/s1. The molecule has 1 aromatic carbocycles. The largest absolute Gasteiger partial charge is 0.490 e. The number of benzene rings is 1. The Kier molecular flexibility index (Phi) is 6.62. The highest BCUT2D eigenvalue weighted by Gasteiger charge is 2.32. The van der Waals surface area contributed by atoms with Gasteiger partial charge < -0.3 is 24.0 Å². The maximum Gasteiger partial charge on any atom is 0.409 e. The van der Waals surface area contributed by atoms with E-state index in [1.54, 1.807) is 4.90 Å². The SMILES string of the molecule is CCOC(=O)N1CCN(CC(=O)N2CCC[C@H]2c2ccc3c(c2)OCCCO3)CC1. The summed E-state index contributed by atoms with van der Waals surface area (Å²) < 4.78 is 16.6. The van der Waals surface area contributed by atoms with Crippen molar-refractivity contribution in [2.45, 2.75) is 32.2 Å². The van der Waals surface area contributed by atoms with Crippen molar-refractivity contribution in [2.24, 2.45) is 0 Å². The van der Waals surface area contributed by atoms with E-state index in [4.69, 9.17) is 14.2 Å². The van der Waals surface area contributed by atoms with Gasteiger partial charge in [-0.25, -0.2) is 4.79 Å². The first-order valence-corrected chi connectivity index (χ1v) is 11.0. The molecular formula is C22H31N3O5. The van der Waals surface area contributed by atoms with Crippen molar-refractivity contribution in [3.63, 3.8) is 0 Å². The molecule has 30 heavy (non-hydrogen) atoms. The molecule has 0 bridgehead atoms. The van der Waals surface area contributed by atoms with Gasteiger partial charge in [0.15, 0.2) is 11.5 Å². The van der Waals surface area contributed by atoms with Crippen LogP contribution in [0.3, 0.4) is 0 Å². The van der Waals surface area contributed by atoms with Gasteiger partial charge in [0.1, 0.15) is 0 Å². The predicted octanol–water partition coefficient (Wildman–Crippen LogP) is 2.29. The summed E-state index contributed by atoms with van der Waals surface area (Å²) in [6.45, 7) is 7.25. The molecule has 3 heterocycles. The van der Waals surface area contributed by atoms with E-state index in [1.165, 1.54) is 0 Å². The van der Waals surface area contributed by atoms with Crippen LogP contribution in [0.1, 0.15) is 37.8 Å². The summed E-state index contributed by atoms with van der Waals surface area (Å²) in [5, 5.41) is 0. The van der Waals surface area contributed by atoms with E-state index < -0.39 is 0 Å². The van der Waals surface area contributed by atoms with Crippen LogP contribution in [0.15, 0.2) is 18.2 Å². The van der Waals surface area contributed by atoms with Crippen LogP contribution in [-0.2, 0) is 9.53 Å². The number of ether oxygens (including phenoxy) is 3. The highest BCUT2D eigenvalue weighted by atomic mass is 16.6. The lowest BCUT2D eigenvalue weighted by molar-refractivity contribution is -0.133. The minimum absolute atomic E-state index is 0.0791. The molecule has 0 N–H and O–H groups in total. The van der Waals surface area contributed by atoms with Crippen molar-refractivity contribution in [2.75, 3.05) is 59.1 Å². The molecule has 0 aliphatic carbocycles. The Labute approximate surface area is 177 Å². The highest BCUT2D eigenvalue weighted by molar-refractivity contribution is 5.79. The maximum atomic E-state index is 13.1. The molecule has 0 radical (unpaired) electrons. The van der Waals surface area contributed by atoms with E-state index in [-0.39, 0.29) is 18.0 Å². The lowest BCUT2D eigenvalue weighted by Gasteiger charge is -2.35. The van der Waals surface area contributed by atoms with Crippen molar-refractivity contribution >= 4 is 12.0 Å². The van der Waals surface area contributed by atoms with Gasteiger partial charge in [0.2, 0.25) is 5.91 Å². The van der Waals surface area contributed by atoms with Gasteiger partial charge >= 0.3 is 6.09 Å². The minimum atomic E-state index is -0.266. The number of hydrogen-bond donors (Lipinski definition) is 0. The number of nitrogens with zero attached hydrogens (tertiary/aromatic N) is 3.